The summed E-state index contributed by atoms with van der Waals surface area (Å²) >= 11 is 1.34. The molecule has 8 heteroatoms. The first-order chi connectivity index (χ1) is 13.5. The normalized spacial score (nSPS) is 10.9. The maximum atomic E-state index is 12.8. The molecule has 4 aromatic rings. The van der Waals surface area contributed by atoms with E-state index in [1.54, 1.807) is 19.1 Å². The molecule has 2 heterocycles. The molecule has 4 rings (SSSR count). The van der Waals surface area contributed by atoms with Crippen LogP contribution in [0.5, 0.6) is 0 Å². The van der Waals surface area contributed by atoms with Crippen LogP contribution in [0.1, 0.15) is 20.9 Å². The number of rotatable bonds is 4. The third kappa shape index (κ3) is 3.03. The van der Waals surface area contributed by atoms with Gasteiger partial charge in [-0.25, -0.2) is 4.68 Å². The molecule has 1 N–H and O–H groups in total. The molecule has 28 heavy (non-hydrogen) atoms. The van der Waals surface area contributed by atoms with Crippen molar-refractivity contribution in [2.24, 2.45) is 0 Å². The molecule has 2 aromatic heterocycles. The van der Waals surface area contributed by atoms with Crippen LogP contribution in [-0.4, -0.2) is 20.6 Å². The van der Waals surface area contributed by atoms with Crippen LogP contribution in [0, 0.1) is 24.0 Å². The zero-order chi connectivity index (χ0) is 19.8. The number of para-hydroxylation sites is 1. The van der Waals surface area contributed by atoms with E-state index in [9.17, 15) is 14.9 Å². The van der Waals surface area contributed by atoms with Gasteiger partial charge in [0.25, 0.3) is 11.6 Å². The summed E-state index contributed by atoms with van der Waals surface area (Å²) in [5.41, 5.74) is 2.58. The summed E-state index contributed by atoms with van der Waals surface area (Å²) in [5.74, 6) is -0.302. The van der Waals surface area contributed by atoms with Crippen molar-refractivity contribution < 1.29 is 9.72 Å². The first-order valence-corrected chi connectivity index (χ1v) is 9.37. The van der Waals surface area contributed by atoms with E-state index in [-0.39, 0.29) is 11.6 Å². The number of anilines is 1. The number of amides is 1. The molecule has 0 radical (unpaired) electrons. The highest BCUT2D eigenvalue weighted by Gasteiger charge is 2.19. The summed E-state index contributed by atoms with van der Waals surface area (Å²) < 4.78 is 1.82. The summed E-state index contributed by atoms with van der Waals surface area (Å²) in [6, 6.07) is 16.2. The lowest BCUT2D eigenvalue weighted by atomic mass is 10.1. The monoisotopic (exact) mass is 392 g/mol. The molecule has 140 valence electrons. The number of thiophene rings is 1. The third-order valence-corrected chi connectivity index (χ3v) is 5.63. The van der Waals surface area contributed by atoms with Gasteiger partial charge in [-0.1, -0.05) is 24.3 Å². The molecule has 0 unspecified atom stereocenters. The molecular formula is C20H16N4O3S. The topological polar surface area (TPSA) is 90.1 Å². The van der Waals surface area contributed by atoms with Crippen molar-refractivity contribution in [3.63, 3.8) is 0 Å². The molecule has 0 fully saturated rings. The lowest BCUT2D eigenvalue weighted by Gasteiger charge is -2.07. The molecule has 0 spiro atoms. The summed E-state index contributed by atoms with van der Waals surface area (Å²) in [7, 11) is 0. The fourth-order valence-electron chi connectivity index (χ4n) is 3.04. The summed E-state index contributed by atoms with van der Waals surface area (Å²) in [6.45, 7) is 3.52. The zero-order valence-corrected chi connectivity index (χ0v) is 16.0. The van der Waals surface area contributed by atoms with Gasteiger partial charge in [0, 0.05) is 11.5 Å². The van der Waals surface area contributed by atoms with Gasteiger partial charge in [-0.15, -0.1) is 11.3 Å². The number of hydrogen-bond acceptors (Lipinski definition) is 5. The SMILES string of the molecule is Cc1c(NC(=O)c2cc3c(C)nn(-c4ccccc4)c3s2)cccc1[N+](=O)[O-]. The van der Waals surface area contributed by atoms with E-state index >= 15 is 0 Å². The van der Waals surface area contributed by atoms with E-state index in [1.807, 2.05) is 48.0 Å². The van der Waals surface area contributed by atoms with E-state index in [1.165, 1.54) is 17.4 Å². The lowest BCUT2D eigenvalue weighted by Crippen LogP contribution is -2.11. The highest BCUT2D eigenvalue weighted by Crippen LogP contribution is 2.32. The second-order valence-corrected chi connectivity index (χ2v) is 7.35. The fraction of sp³-hybridized carbons (Fsp3) is 0.100. The number of carbonyl (C=O) groups is 1. The standard InChI is InChI=1S/C20H16N4O3S/c1-12-16(9-6-10-17(12)24(26)27)21-19(25)18-11-15-13(2)22-23(20(15)28-18)14-7-4-3-5-8-14/h3-11H,1-2H3,(H,21,25). The fourth-order valence-corrected chi connectivity index (χ4v) is 4.12. The Bertz CT molecular complexity index is 1210. The smallest absolute Gasteiger partial charge is 0.274 e. The first-order valence-electron chi connectivity index (χ1n) is 8.55. The van der Waals surface area contributed by atoms with Crippen LogP contribution in [-0.2, 0) is 0 Å². The number of fused-ring (bicyclic) bond motifs is 1. The van der Waals surface area contributed by atoms with Crippen LogP contribution in [0.3, 0.4) is 0 Å². The molecule has 0 aliphatic heterocycles. The molecular weight excluding hydrogens is 376 g/mol. The first kappa shape index (κ1) is 17.9. The highest BCUT2D eigenvalue weighted by atomic mass is 32.1. The van der Waals surface area contributed by atoms with Crippen molar-refractivity contribution in [3.05, 3.63) is 80.8 Å². The van der Waals surface area contributed by atoms with Gasteiger partial charge in [0.2, 0.25) is 0 Å². The Morgan fingerprint density at radius 1 is 1.14 bits per heavy atom. The van der Waals surface area contributed by atoms with E-state index in [2.05, 4.69) is 10.4 Å². The Kier molecular flexibility index (Phi) is 4.40. The zero-order valence-electron chi connectivity index (χ0n) is 15.2. The molecule has 0 bridgehead atoms. The van der Waals surface area contributed by atoms with E-state index < -0.39 is 4.92 Å². The highest BCUT2D eigenvalue weighted by molar-refractivity contribution is 7.20. The Balaban J connectivity index is 1.70. The van der Waals surface area contributed by atoms with Gasteiger partial charge >= 0.3 is 0 Å². The Morgan fingerprint density at radius 3 is 2.61 bits per heavy atom. The van der Waals surface area contributed by atoms with Gasteiger partial charge in [0.05, 0.1) is 32.4 Å². The number of nitro benzene ring substituents is 1. The van der Waals surface area contributed by atoms with Crippen LogP contribution < -0.4 is 5.32 Å². The maximum absolute atomic E-state index is 12.8. The summed E-state index contributed by atoms with van der Waals surface area (Å²) in [5, 5.41) is 19.4. The minimum Gasteiger partial charge on any atom is -0.321 e. The van der Waals surface area contributed by atoms with Gasteiger partial charge in [-0.2, -0.15) is 5.10 Å². The molecule has 2 aromatic carbocycles. The van der Waals surface area contributed by atoms with Crippen LogP contribution in [0.15, 0.2) is 54.6 Å². The minimum absolute atomic E-state index is 0.0234. The molecule has 1 amide bonds. The van der Waals surface area contributed by atoms with Crippen LogP contribution in [0.2, 0.25) is 0 Å². The van der Waals surface area contributed by atoms with Crippen LogP contribution in [0.4, 0.5) is 11.4 Å². The quantitative estimate of drug-likeness (QED) is 0.396. The Morgan fingerprint density at radius 2 is 1.89 bits per heavy atom. The number of nitrogens with zero attached hydrogens (tertiary/aromatic N) is 3. The number of carbonyl (C=O) groups excluding carboxylic acids is 1. The number of aryl methyl sites for hydroxylation is 1. The Labute approximate surface area is 164 Å². The van der Waals surface area contributed by atoms with Gasteiger partial charge < -0.3 is 5.32 Å². The van der Waals surface area contributed by atoms with Crippen molar-refractivity contribution in [1.82, 2.24) is 9.78 Å². The number of hydrogen-bond donors (Lipinski definition) is 1. The van der Waals surface area contributed by atoms with E-state index in [4.69, 9.17) is 0 Å². The minimum atomic E-state index is -0.456. The van der Waals surface area contributed by atoms with E-state index in [0.29, 0.717) is 16.1 Å². The molecule has 0 saturated heterocycles. The maximum Gasteiger partial charge on any atom is 0.274 e. The second kappa shape index (κ2) is 6.90. The number of nitrogens with one attached hydrogen (secondary N) is 1. The largest absolute Gasteiger partial charge is 0.321 e. The van der Waals surface area contributed by atoms with Crippen molar-refractivity contribution in [2.45, 2.75) is 13.8 Å². The number of benzene rings is 2. The van der Waals surface area contributed by atoms with E-state index in [0.717, 1.165) is 21.6 Å². The molecule has 0 aliphatic rings. The number of nitro groups is 1. The predicted molar refractivity (Wildman–Crippen MR) is 109 cm³/mol. The average molecular weight is 392 g/mol. The van der Waals surface area contributed by atoms with Gasteiger partial charge in [0.15, 0.2) is 0 Å². The van der Waals surface area contributed by atoms with Crippen molar-refractivity contribution in [3.8, 4) is 5.69 Å². The molecule has 0 saturated carbocycles. The predicted octanol–water partition coefficient (Wildman–Crippen LogP) is 4.86. The molecule has 7 nitrogen and oxygen atoms in total. The van der Waals surface area contributed by atoms with Gasteiger partial charge in [-0.3, -0.25) is 14.9 Å². The average Bonchev–Trinajstić information content (AvgIpc) is 3.25. The third-order valence-electron chi connectivity index (χ3n) is 4.52. The molecule has 0 aliphatic carbocycles. The second-order valence-electron chi connectivity index (χ2n) is 6.32. The number of aromatic nitrogens is 2. The molecule has 0 atom stereocenters. The van der Waals surface area contributed by atoms with Crippen molar-refractivity contribution >= 4 is 38.8 Å². The van der Waals surface area contributed by atoms with Crippen LogP contribution >= 0.6 is 11.3 Å². The van der Waals surface area contributed by atoms with Gasteiger partial charge in [-0.05, 0) is 38.1 Å². The lowest BCUT2D eigenvalue weighted by molar-refractivity contribution is -0.385. The summed E-state index contributed by atoms with van der Waals surface area (Å²) in [6.07, 6.45) is 0. The van der Waals surface area contributed by atoms with Crippen molar-refractivity contribution in [2.75, 3.05) is 5.32 Å². The van der Waals surface area contributed by atoms with Crippen LogP contribution in [0.25, 0.3) is 15.9 Å². The summed E-state index contributed by atoms with van der Waals surface area (Å²) in [4.78, 5) is 24.8. The Hall–Kier alpha value is -3.52. The van der Waals surface area contributed by atoms with Crippen molar-refractivity contribution in [1.29, 1.82) is 0 Å². The van der Waals surface area contributed by atoms with Gasteiger partial charge in [0.1, 0.15) is 4.83 Å².